The zero-order valence-corrected chi connectivity index (χ0v) is 8.75. The van der Waals surface area contributed by atoms with Gasteiger partial charge in [-0.05, 0) is 0 Å². The minimum atomic E-state index is -4.28. The summed E-state index contributed by atoms with van der Waals surface area (Å²) in [7, 11) is 0. The predicted octanol–water partition coefficient (Wildman–Crippen LogP) is -2.88. The van der Waals surface area contributed by atoms with Gasteiger partial charge in [-0.2, -0.15) is 0 Å². The Kier molecular flexibility index (Phi) is 11.8. The third kappa shape index (κ3) is 25.0. The summed E-state index contributed by atoms with van der Waals surface area (Å²) in [6, 6.07) is 0. The minimum Gasteiger partial charge on any atom is 2.00 e. The molecule has 26 valence electrons. The third-order valence-electron chi connectivity index (χ3n) is 0. The molecule has 0 aliphatic heterocycles. The molecule has 0 saturated heterocycles. The first-order valence-electron chi connectivity index (χ1n) is 0.500. The fraction of sp³-hybridized carbons (Fsp3) is 0. The van der Waals surface area contributed by atoms with E-state index in [0.29, 0.717) is 0 Å². The van der Waals surface area contributed by atoms with Gasteiger partial charge in [-0.15, -0.1) is 0 Å². The molecule has 0 aromatic rings. The van der Waals surface area contributed by atoms with Crippen LogP contribution in [0.3, 0.4) is 0 Å². The van der Waals surface area contributed by atoms with Crippen molar-refractivity contribution < 1.29 is 29.0 Å². The van der Waals surface area contributed by atoms with Crippen LogP contribution in [0.1, 0.15) is 0 Å². The molecule has 0 amide bonds. The Balaban J connectivity index is 0. The molecule has 0 aliphatic rings. The number of rotatable bonds is 0. The molecule has 0 N–H and O–H groups in total. The van der Waals surface area contributed by atoms with Crippen LogP contribution >= 0.6 is 0 Å². The van der Waals surface area contributed by atoms with Crippen LogP contribution in [0.5, 0.6) is 0 Å². The van der Waals surface area contributed by atoms with Gasteiger partial charge in [0.1, 0.15) is 0 Å². The molecule has 0 heterocycles. The standard InChI is InChI=1S/3O.Sr.W/q;2*-1;+2;. The first-order valence-corrected chi connectivity index (χ1v) is 4.09. The van der Waals surface area contributed by atoms with Gasteiger partial charge in [0.2, 0.25) is 0 Å². The summed E-state index contributed by atoms with van der Waals surface area (Å²) in [5.41, 5.74) is 0. The van der Waals surface area contributed by atoms with Crippen molar-refractivity contribution in [1.82, 2.24) is 0 Å². The molecule has 3 nitrogen and oxygen atoms in total. The molecular formula is O3SrW. The van der Waals surface area contributed by atoms with E-state index in [1.165, 1.54) is 0 Å². The smallest absolute Gasteiger partial charge is 2.00 e. The van der Waals surface area contributed by atoms with Crippen molar-refractivity contribution in [3.63, 3.8) is 0 Å². The van der Waals surface area contributed by atoms with Gasteiger partial charge in [-0.25, -0.2) is 0 Å². The molecule has 0 aromatic carbocycles. The topological polar surface area (TPSA) is 63.2 Å². The maximum atomic E-state index is 8.61. The van der Waals surface area contributed by atoms with Crippen LogP contribution in [0.4, 0.5) is 0 Å². The van der Waals surface area contributed by atoms with E-state index in [1.54, 1.807) is 0 Å². The molecule has 0 radical (unpaired) electrons. The average molecular weight is 319 g/mol. The third-order valence-corrected chi connectivity index (χ3v) is 0. The molecule has 0 spiro atoms. The summed E-state index contributed by atoms with van der Waals surface area (Å²) >= 11 is -4.28. The number of hydrogen-bond acceptors (Lipinski definition) is 3. The van der Waals surface area contributed by atoms with Crippen LogP contribution in [-0.2, 0) is 21.4 Å². The average Bonchev–Trinajstić information content (AvgIpc) is 0.811. The van der Waals surface area contributed by atoms with Gasteiger partial charge in [0.05, 0.1) is 0 Å². The summed E-state index contributed by atoms with van der Waals surface area (Å²) in [5, 5.41) is 0. The maximum absolute atomic E-state index is 8.61. The summed E-state index contributed by atoms with van der Waals surface area (Å²) in [4.78, 5) is 0. The Morgan fingerprint density at radius 2 is 1.40 bits per heavy atom. The van der Waals surface area contributed by atoms with Crippen molar-refractivity contribution in [3.05, 3.63) is 0 Å². The van der Waals surface area contributed by atoms with Crippen molar-refractivity contribution in [2.45, 2.75) is 0 Å². The van der Waals surface area contributed by atoms with E-state index in [-0.39, 0.29) is 45.5 Å². The van der Waals surface area contributed by atoms with Gasteiger partial charge >= 0.3 is 74.4 Å². The Labute approximate surface area is 73.0 Å². The van der Waals surface area contributed by atoms with Crippen LogP contribution in [0.15, 0.2) is 0 Å². The zero-order chi connectivity index (χ0) is 3.58. The molecule has 0 saturated carbocycles. The quantitative estimate of drug-likeness (QED) is 0.451. The van der Waals surface area contributed by atoms with Crippen molar-refractivity contribution in [2.24, 2.45) is 0 Å². The van der Waals surface area contributed by atoms with Gasteiger partial charge in [-0.1, -0.05) is 0 Å². The van der Waals surface area contributed by atoms with Gasteiger partial charge < -0.3 is 0 Å². The van der Waals surface area contributed by atoms with E-state index in [4.69, 9.17) is 10.9 Å². The molecule has 0 atom stereocenters. The monoisotopic (exact) mass is 320 g/mol. The SMILES string of the molecule is [O]=[W]([O-])[O-].[Sr+2]. The van der Waals surface area contributed by atoms with E-state index in [0.717, 1.165) is 0 Å². The van der Waals surface area contributed by atoms with Crippen molar-refractivity contribution in [3.8, 4) is 0 Å². The Bertz CT molecular complexity index is 29.9. The van der Waals surface area contributed by atoms with Crippen LogP contribution in [0.25, 0.3) is 0 Å². The predicted molar refractivity (Wildman–Crippen MR) is 6.44 cm³/mol. The number of hydrogen-bond donors (Lipinski definition) is 0. The zero-order valence-electron chi connectivity index (χ0n) is 2.34. The molecule has 0 rings (SSSR count). The summed E-state index contributed by atoms with van der Waals surface area (Å²) in [6.45, 7) is 0. The fourth-order valence-corrected chi connectivity index (χ4v) is 0. The largest absolute Gasteiger partial charge is 2.00 e. The second kappa shape index (κ2) is 5.89. The summed E-state index contributed by atoms with van der Waals surface area (Å²) in [6.07, 6.45) is 0. The van der Waals surface area contributed by atoms with Crippen LogP contribution < -0.4 is 7.52 Å². The Morgan fingerprint density at radius 1 is 1.40 bits per heavy atom. The van der Waals surface area contributed by atoms with Crippen LogP contribution in [0.2, 0.25) is 0 Å². The van der Waals surface area contributed by atoms with E-state index < -0.39 is 18.0 Å². The Morgan fingerprint density at radius 3 is 1.40 bits per heavy atom. The van der Waals surface area contributed by atoms with Gasteiger partial charge in [-0.3, -0.25) is 0 Å². The second-order valence-corrected chi connectivity index (χ2v) is 1.67. The van der Waals surface area contributed by atoms with E-state index in [2.05, 4.69) is 0 Å². The fourth-order valence-electron chi connectivity index (χ4n) is 0. The first kappa shape index (κ1) is 10.00. The van der Waals surface area contributed by atoms with E-state index in [9.17, 15) is 0 Å². The van der Waals surface area contributed by atoms with Gasteiger partial charge in [0.25, 0.3) is 0 Å². The minimum absolute atomic E-state index is 0. The van der Waals surface area contributed by atoms with Crippen molar-refractivity contribution >= 4 is 45.5 Å². The maximum Gasteiger partial charge on any atom is 2.00 e. The normalized spacial score (nSPS) is 7.00. The molecule has 0 aromatic heterocycles. The molecular weight excluding hydrogens is 319 g/mol. The van der Waals surface area contributed by atoms with E-state index in [1.807, 2.05) is 0 Å². The summed E-state index contributed by atoms with van der Waals surface area (Å²) in [5.74, 6) is 0. The molecule has 5 heteroatoms. The van der Waals surface area contributed by atoms with Crippen molar-refractivity contribution in [1.29, 1.82) is 0 Å². The molecule has 0 bridgehead atoms. The van der Waals surface area contributed by atoms with Crippen LogP contribution in [0, 0.1) is 0 Å². The second-order valence-electron chi connectivity index (χ2n) is 0.204. The first-order chi connectivity index (χ1) is 1.73. The molecule has 0 fully saturated rings. The molecule has 0 aliphatic carbocycles. The van der Waals surface area contributed by atoms with Gasteiger partial charge in [0, 0.05) is 0 Å². The van der Waals surface area contributed by atoms with E-state index >= 15 is 0 Å². The van der Waals surface area contributed by atoms with Gasteiger partial charge in [0.15, 0.2) is 0 Å². The summed E-state index contributed by atoms with van der Waals surface area (Å²) < 4.78 is 25.8. The Hall–Kier alpha value is 1.89. The van der Waals surface area contributed by atoms with Crippen LogP contribution in [-0.4, -0.2) is 45.5 Å². The molecule has 5 heavy (non-hydrogen) atoms. The molecule has 0 unspecified atom stereocenters. The van der Waals surface area contributed by atoms with Crippen molar-refractivity contribution in [2.75, 3.05) is 0 Å².